The molecular weight excluding hydrogens is 200 g/mol. The van der Waals surface area contributed by atoms with Gasteiger partial charge in [-0.15, -0.1) is 0 Å². The molecule has 0 fully saturated rings. The van der Waals surface area contributed by atoms with Crippen molar-refractivity contribution in [1.29, 1.82) is 0 Å². The van der Waals surface area contributed by atoms with Crippen LogP contribution in [0.3, 0.4) is 0 Å². The Morgan fingerprint density at radius 3 is 2.70 bits per heavy atom. The quantitative estimate of drug-likeness (QED) is 0.549. The zero-order valence-electron chi connectivity index (χ0n) is 5.84. The van der Waals surface area contributed by atoms with Gasteiger partial charge in [0.05, 0.1) is 0 Å². The zero-order chi connectivity index (χ0) is 7.98. The summed E-state index contributed by atoms with van der Waals surface area (Å²) in [5.74, 6) is -0.307. The van der Waals surface area contributed by atoms with E-state index in [0.29, 0.717) is 11.8 Å². The maximum absolute atomic E-state index is 10.4. The molecule has 1 atom stereocenters. The second-order valence-corrected chi connectivity index (χ2v) is 2.55. The first-order valence-corrected chi connectivity index (χ1v) is 4.17. The molecule has 1 unspecified atom stereocenters. The van der Waals surface area contributed by atoms with Crippen LogP contribution in [0.4, 0.5) is 0 Å². The number of carbonyl (C=O) groups excluding carboxylic acids is 1. The van der Waals surface area contributed by atoms with Crippen molar-refractivity contribution in [2.75, 3.05) is 11.9 Å². The summed E-state index contributed by atoms with van der Waals surface area (Å²) in [6, 6.07) is 0. The second-order valence-electron chi connectivity index (χ2n) is 1.90. The number of esters is 1. The molecule has 0 bridgehead atoms. The lowest BCUT2D eigenvalue weighted by molar-refractivity contribution is -0.145. The van der Waals surface area contributed by atoms with Crippen LogP contribution < -0.4 is 0 Å². The van der Waals surface area contributed by atoms with Crippen LogP contribution in [0.15, 0.2) is 0 Å². The maximum Gasteiger partial charge on any atom is 0.302 e. The molecule has 0 rings (SSSR count). The molecule has 0 saturated carbocycles. The van der Waals surface area contributed by atoms with Crippen molar-refractivity contribution >= 4 is 21.9 Å². The highest BCUT2D eigenvalue weighted by atomic mass is 79.9. The minimum atomic E-state index is -0.307. The predicted octanol–water partition coefficient (Wildman–Crippen LogP) is 0.695. The molecule has 0 amide bonds. The third-order valence-electron chi connectivity index (χ3n) is 0.956. The number of rotatable bonds is 4. The van der Waals surface area contributed by atoms with E-state index in [1.54, 1.807) is 0 Å². The van der Waals surface area contributed by atoms with Gasteiger partial charge in [0.1, 0.15) is 6.10 Å². The Bertz CT molecular complexity index is 105. The van der Waals surface area contributed by atoms with E-state index < -0.39 is 0 Å². The van der Waals surface area contributed by atoms with E-state index in [0.717, 1.165) is 0 Å². The average molecular weight is 211 g/mol. The Hall–Kier alpha value is -0.0900. The van der Waals surface area contributed by atoms with Gasteiger partial charge in [0.2, 0.25) is 0 Å². The van der Waals surface area contributed by atoms with Crippen molar-refractivity contribution in [2.45, 2.75) is 19.4 Å². The highest BCUT2D eigenvalue weighted by Crippen LogP contribution is 2.01. The summed E-state index contributed by atoms with van der Waals surface area (Å²) in [4.78, 5) is 10.4. The van der Waals surface area contributed by atoms with E-state index in [2.05, 4.69) is 15.9 Å². The van der Waals surface area contributed by atoms with Crippen LogP contribution in [0.5, 0.6) is 0 Å². The van der Waals surface area contributed by atoms with E-state index in [1.165, 1.54) is 6.92 Å². The van der Waals surface area contributed by atoms with Crippen LogP contribution in [-0.2, 0) is 9.53 Å². The molecule has 0 aliphatic heterocycles. The largest absolute Gasteiger partial charge is 0.462 e. The van der Waals surface area contributed by atoms with E-state index in [4.69, 9.17) is 9.84 Å². The van der Waals surface area contributed by atoms with Crippen molar-refractivity contribution in [3.8, 4) is 0 Å². The first kappa shape index (κ1) is 9.91. The molecule has 0 aliphatic carbocycles. The third kappa shape index (κ3) is 4.76. The van der Waals surface area contributed by atoms with Gasteiger partial charge in [0.25, 0.3) is 0 Å². The van der Waals surface area contributed by atoms with E-state index >= 15 is 0 Å². The van der Waals surface area contributed by atoms with Crippen LogP contribution in [-0.4, -0.2) is 29.1 Å². The van der Waals surface area contributed by atoms with Gasteiger partial charge in [-0.2, -0.15) is 0 Å². The molecule has 0 aromatic rings. The Labute approximate surface area is 68.5 Å². The molecule has 0 saturated heterocycles. The minimum Gasteiger partial charge on any atom is -0.462 e. The van der Waals surface area contributed by atoms with Crippen LogP contribution in [0, 0.1) is 0 Å². The van der Waals surface area contributed by atoms with Gasteiger partial charge in [-0.1, -0.05) is 15.9 Å². The summed E-state index contributed by atoms with van der Waals surface area (Å²) in [5, 5.41) is 9.05. The first-order chi connectivity index (χ1) is 4.70. The topological polar surface area (TPSA) is 46.5 Å². The second kappa shape index (κ2) is 5.68. The summed E-state index contributed by atoms with van der Waals surface area (Å²) in [5.41, 5.74) is 0. The number of alkyl halides is 1. The van der Waals surface area contributed by atoms with Gasteiger partial charge in [-0.3, -0.25) is 4.79 Å². The van der Waals surface area contributed by atoms with Gasteiger partial charge in [0, 0.05) is 25.3 Å². The molecule has 0 radical (unpaired) electrons. The van der Waals surface area contributed by atoms with Crippen LogP contribution in [0.25, 0.3) is 0 Å². The molecular formula is C6H11BrO3. The molecule has 60 valence electrons. The maximum atomic E-state index is 10.4. The number of carbonyl (C=O) groups is 1. The van der Waals surface area contributed by atoms with E-state index in [9.17, 15) is 4.79 Å². The number of aliphatic hydroxyl groups is 1. The van der Waals surface area contributed by atoms with Gasteiger partial charge in [-0.25, -0.2) is 0 Å². The molecule has 1 N–H and O–H groups in total. The number of ether oxygens (including phenoxy) is 1. The Kier molecular flexibility index (Phi) is 5.63. The average Bonchev–Trinajstić information content (AvgIpc) is 1.86. The van der Waals surface area contributed by atoms with Gasteiger partial charge >= 0.3 is 5.97 Å². The molecule has 0 aromatic heterocycles. The van der Waals surface area contributed by atoms with Crippen molar-refractivity contribution in [2.24, 2.45) is 0 Å². The summed E-state index contributed by atoms with van der Waals surface area (Å²) in [6.07, 6.45) is 0.299. The lowest BCUT2D eigenvalue weighted by atomic mass is 10.3. The minimum absolute atomic E-state index is 0.0452. The smallest absolute Gasteiger partial charge is 0.302 e. The molecule has 0 aliphatic rings. The Balaban J connectivity index is 3.49. The van der Waals surface area contributed by atoms with Crippen LogP contribution >= 0.6 is 15.9 Å². The predicted molar refractivity (Wildman–Crippen MR) is 41.1 cm³/mol. The number of aliphatic hydroxyl groups excluding tert-OH is 1. The highest BCUT2D eigenvalue weighted by molar-refractivity contribution is 9.09. The normalized spacial score (nSPS) is 12.7. The van der Waals surface area contributed by atoms with Crippen molar-refractivity contribution in [3.05, 3.63) is 0 Å². The zero-order valence-corrected chi connectivity index (χ0v) is 7.43. The molecule has 3 nitrogen and oxygen atoms in total. The van der Waals surface area contributed by atoms with Gasteiger partial charge < -0.3 is 9.84 Å². The fourth-order valence-corrected chi connectivity index (χ4v) is 1.00. The third-order valence-corrected chi connectivity index (χ3v) is 1.68. The molecule has 0 aromatic carbocycles. The lowest BCUT2D eigenvalue weighted by Gasteiger charge is -2.11. The van der Waals surface area contributed by atoms with Crippen molar-refractivity contribution in [1.82, 2.24) is 0 Å². The number of hydrogen-bond acceptors (Lipinski definition) is 3. The van der Waals surface area contributed by atoms with Crippen LogP contribution in [0.1, 0.15) is 13.3 Å². The first-order valence-electron chi connectivity index (χ1n) is 3.04. The number of hydrogen-bond donors (Lipinski definition) is 1. The molecule has 4 heteroatoms. The lowest BCUT2D eigenvalue weighted by Crippen LogP contribution is -2.18. The summed E-state index contributed by atoms with van der Waals surface area (Å²) < 4.78 is 4.79. The fraction of sp³-hybridized carbons (Fsp3) is 0.833. The Morgan fingerprint density at radius 2 is 2.40 bits per heavy atom. The van der Waals surface area contributed by atoms with Crippen molar-refractivity contribution < 1.29 is 14.6 Å². The monoisotopic (exact) mass is 210 g/mol. The van der Waals surface area contributed by atoms with E-state index in [-0.39, 0.29) is 18.7 Å². The SMILES string of the molecule is CC(=O)OC(CBr)CCO. The van der Waals surface area contributed by atoms with Gasteiger partial charge in [-0.05, 0) is 0 Å². The number of halogens is 1. The fourth-order valence-electron chi connectivity index (χ4n) is 0.546. The molecule has 0 heterocycles. The summed E-state index contributed by atoms with van der Waals surface area (Å²) in [6.45, 7) is 1.40. The summed E-state index contributed by atoms with van der Waals surface area (Å²) in [7, 11) is 0. The molecule has 0 spiro atoms. The van der Waals surface area contributed by atoms with Gasteiger partial charge in [0.15, 0.2) is 0 Å². The highest BCUT2D eigenvalue weighted by Gasteiger charge is 2.08. The van der Waals surface area contributed by atoms with E-state index in [1.807, 2.05) is 0 Å². The standard InChI is InChI=1S/C6H11BrO3/c1-5(9)10-6(4-7)2-3-8/h6,8H,2-4H2,1H3. The van der Waals surface area contributed by atoms with Crippen molar-refractivity contribution in [3.63, 3.8) is 0 Å². The molecule has 10 heavy (non-hydrogen) atoms. The van der Waals surface area contributed by atoms with Crippen LogP contribution in [0.2, 0.25) is 0 Å². The Morgan fingerprint density at radius 1 is 1.80 bits per heavy atom. The summed E-state index contributed by atoms with van der Waals surface area (Å²) >= 11 is 3.16.